The van der Waals surface area contributed by atoms with Crippen molar-refractivity contribution in [2.75, 3.05) is 13.7 Å². The van der Waals surface area contributed by atoms with Crippen LogP contribution in [0.4, 0.5) is 13.2 Å². The van der Waals surface area contributed by atoms with E-state index in [1.54, 1.807) is 12.1 Å². The van der Waals surface area contributed by atoms with E-state index in [1.807, 2.05) is 0 Å². The Kier molecular flexibility index (Phi) is 4.27. The Morgan fingerprint density at radius 1 is 1.45 bits per heavy atom. The van der Waals surface area contributed by atoms with Gasteiger partial charge in [0.05, 0.1) is 12.7 Å². The largest absolute Gasteiger partial charge is 0.496 e. The molecule has 7 heteroatoms. The Morgan fingerprint density at radius 3 is 2.60 bits per heavy atom. The fourth-order valence-electron chi connectivity index (χ4n) is 1.94. The van der Waals surface area contributed by atoms with Crippen LogP contribution < -0.4 is 4.74 Å². The number of hydrogen-bond donors (Lipinski definition) is 0. The lowest BCUT2D eigenvalue weighted by molar-refractivity contribution is -0.141. The molecule has 20 heavy (non-hydrogen) atoms. The molecule has 1 saturated carbocycles. The van der Waals surface area contributed by atoms with E-state index in [1.165, 1.54) is 13.2 Å². The van der Waals surface area contributed by atoms with Crippen LogP contribution in [0.5, 0.6) is 5.75 Å². The van der Waals surface area contributed by atoms with Crippen LogP contribution >= 0.6 is 15.9 Å². The zero-order valence-electron chi connectivity index (χ0n) is 10.7. The van der Waals surface area contributed by atoms with Crippen LogP contribution in [0.25, 0.3) is 0 Å². The summed E-state index contributed by atoms with van der Waals surface area (Å²) < 4.78 is 43.5. The standard InChI is InChI=1S/C13H13BrF3NO2/c1-20-11-6-8(14)2-5-10(11)12(19)18(9-3-4-9)7-13(15,16)17/h2,5-6,9H,3-4,7H2,1H3. The fraction of sp³-hybridized carbons (Fsp3) is 0.462. The molecule has 1 aliphatic carbocycles. The summed E-state index contributed by atoms with van der Waals surface area (Å²) in [6.45, 7) is -1.23. The number of carbonyl (C=O) groups is 1. The van der Waals surface area contributed by atoms with Gasteiger partial charge in [0.15, 0.2) is 0 Å². The maximum Gasteiger partial charge on any atom is 0.406 e. The van der Waals surface area contributed by atoms with Crippen molar-refractivity contribution in [2.45, 2.75) is 25.1 Å². The van der Waals surface area contributed by atoms with E-state index in [-0.39, 0.29) is 17.4 Å². The van der Waals surface area contributed by atoms with Crippen LogP contribution in [0, 0.1) is 0 Å². The zero-order valence-corrected chi connectivity index (χ0v) is 12.3. The maximum atomic E-state index is 12.6. The van der Waals surface area contributed by atoms with Crippen LogP contribution in [0.3, 0.4) is 0 Å². The molecule has 0 spiro atoms. The lowest BCUT2D eigenvalue weighted by Crippen LogP contribution is -2.40. The van der Waals surface area contributed by atoms with E-state index in [9.17, 15) is 18.0 Å². The van der Waals surface area contributed by atoms with Crippen molar-refractivity contribution in [3.8, 4) is 5.75 Å². The van der Waals surface area contributed by atoms with Gasteiger partial charge in [0, 0.05) is 10.5 Å². The Balaban J connectivity index is 2.28. The van der Waals surface area contributed by atoms with Crippen LogP contribution in [0.15, 0.2) is 22.7 Å². The molecule has 0 atom stereocenters. The first kappa shape index (κ1) is 15.2. The fourth-order valence-corrected chi connectivity index (χ4v) is 2.28. The van der Waals surface area contributed by atoms with E-state index in [4.69, 9.17) is 4.74 Å². The van der Waals surface area contributed by atoms with Crippen LogP contribution in [0.1, 0.15) is 23.2 Å². The predicted octanol–water partition coefficient (Wildman–Crippen LogP) is 3.62. The number of nitrogens with zero attached hydrogens (tertiary/aromatic N) is 1. The van der Waals surface area contributed by atoms with Gasteiger partial charge in [-0.05, 0) is 31.0 Å². The minimum atomic E-state index is -4.40. The average molecular weight is 352 g/mol. The van der Waals surface area contributed by atoms with Gasteiger partial charge in [-0.25, -0.2) is 0 Å². The van der Waals surface area contributed by atoms with Crippen LogP contribution in [0.2, 0.25) is 0 Å². The number of alkyl halides is 3. The first-order chi connectivity index (χ1) is 9.31. The van der Waals surface area contributed by atoms with Crippen molar-refractivity contribution < 1.29 is 22.7 Å². The van der Waals surface area contributed by atoms with Gasteiger partial charge in [0.25, 0.3) is 5.91 Å². The molecular weight excluding hydrogens is 339 g/mol. The highest BCUT2D eigenvalue weighted by Crippen LogP contribution is 2.33. The van der Waals surface area contributed by atoms with Gasteiger partial charge < -0.3 is 9.64 Å². The van der Waals surface area contributed by atoms with Crippen LogP contribution in [-0.2, 0) is 0 Å². The Labute approximate surface area is 122 Å². The summed E-state index contributed by atoms with van der Waals surface area (Å²) in [6, 6.07) is 4.31. The first-order valence-corrected chi connectivity index (χ1v) is 6.82. The SMILES string of the molecule is COc1cc(Br)ccc1C(=O)N(CC(F)(F)F)C1CC1. The van der Waals surface area contributed by atoms with Gasteiger partial charge >= 0.3 is 6.18 Å². The molecule has 0 unspecified atom stereocenters. The number of benzene rings is 1. The molecule has 0 N–H and O–H groups in total. The monoisotopic (exact) mass is 351 g/mol. The highest BCUT2D eigenvalue weighted by atomic mass is 79.9. The van der Waals surface area contributed by atoms with Gasteiger partial charge in [-0.15, -0.1) is 0 Å². The van der Waals surface area contributed by atoms with Crippen molar-refractivity contribution in [1.29, 1.82) is 0 Å². The van der Waals surface area contributed by atoms with E-state index < -0.39 is 18.6 Å². The number of hydrogen-bond acceptors (Lipinski definition) is 2. The first-order valence-electron chi connectivity index (χ1n) is 6.03. The second-order valence-corrected chi connectivity index (χ2v) is 5.54. The lowest BCUT2D eigenvalue weighted by Gasteiger charge is -2.24. The number of rotatable bonds is 4. The number of halogens is 4. The van der Waals surface area contributed by atoms with Crippen LogP contribution in [-0.4, -0.2) is 36.7 Å². The third kappa shape index (κ3) is 3.65. The maximum absolute atomic E-state index is 12.6. The molecule has 110 valence electrons. The van der Waals surface area contributed by atoms with Crippen molar-refractivity contribution >= 4 is 21.8 Å². The predicted molar refractivity (Wildman–Crippen MR) is 70.8 cm³/mol. The van der Waals surface area contributed by atoms with Gasteiger partial charge in [-0.1, -0.05) is 15.9 Å². The lowest BCUT2D eigenvalue weighted by atomic mass is 10.1. The minimum Gasteiger partial charge on any atom is -0.496 e. The Morgan fingerprint density at radius 2 is 2.10 bits per heavy atom. The van der Waals surface area contributed by atoms with Gasteiger partial charge in [-0.2, -0.15) is 13.2 Å². The number of amides is 1. The molecule has 0 bridgehead atoms. The molecule has 0 heterocycles. The van der Waals surface area contributed by atoms with E-state index in [0.717, 1.165) is 4.90 Å². The molecular formula is C13H13BrF3NO2. The molecule has 3 nitrogen and oxygen atoms in total. The summed E-state index contributed by atoms with van der Waals surface area (Å²) in [4.78, 5) is 13.2. The molecule has 1 aromatic rings. The number of carbonyl (C=O) groups excluding carboxylic acids is 1. The highest BCUT2D eigenvalue weighted by molar-refractivity contribution is 9.10. The average Bonchev–Trinajstić information content (AvgIpc) is 3.18. The van der Waals surface area contributed by atoms with Gasteiger partial charge in [0.1, 0.15) is 12.3 Å². The second-order valence-electron chi connectivity index (χ2n) is 4.62. The summed E-state index contributed by atoms with van der Waals surface area (Å²) in [6.07, 6.45) is -3.18. The quantitative estimate of drug-likeness (QED) is 0.828. The topological polar surface area (TPSA) is 29.5 Å². The van der Waals surface area contributed by atoms with Gasteiger partial charge in [-0.3, -0.25) is 4.79 Å². The zero-order chi connectivity index (χ0) is 14.9. The Hall–Kier alpha value is -1.24. The highest BCUT2D eigenvalue weighted by Gasteiger charge is 2.41. The third-order valence-electron chi connectivity index (χ3n) is 2.99. The molecule has 1 aromatic carbocycles. The molecule has 1 fully saturated rings. The van der Waals surface area contributed by atoms with Crippen molar-refractivity contribution in [3.05, 3.63) is 28.2 Å². The summed E-state index contributed by atoms with van der Waals surface area (Å²) in [5.41, 5.74) is 0.145. The summed E-state index contributed by atoms with van der Waals surface area (Å²) in [5, 5.41) is 0. The second kappa shape index (κ2) is 5.63. The van der Waals surface area contributed by atoms with Gasteiger partial charge in [0.2, 0.25) is 0 Å². The summed E-state index contributed by atoms with van der Waals surface area (Å²) >= 11 is 3.23. The van der Waals surface area contributed by atoms with Crippen molar-refractivity contribution in [2.24, 2.45) is 0 Å². The molecule has 0 radical (unpaired) electrons. The molecule has 1 aliphatic rings. The molecule has 2 rings (SSSR count). The number of methoxy groups -OCH3 is 1. The summed E-state index contributed by atoms with van der Waals surface area (Å²) in [5.74, 6) is -0.383. The molecule has 0 aromatic heterocycles. The van der Waals surface area contributed by atoms with E-state index in [2.05, 4.69) is 15.9 Å². The summed E-state index contributed by atoms with van der Waals surface area (Å²) in [7, 11) is 1.38. The van der Waals surface area contributed by atoms with E-state index in [0.29, 0.717) is 17.3 Å². The van der Waals surface area contributed by atoms with Crippen molar-refractivity contribution in [1.82, 2.24) is 4.90 Å². The third-order valence-corrected chi connectivity index (χ3v) is 3.49. The van der Waals surface area contributed by atoms with E-state index >= 15 is 0 Å². The normalized spacial score (nSPS) is 15.1. The molecule has 0 saturated heterocycles. The molecule has 1 amide bonds. The smallest absolute Gasteiger partial charge is 0.406 e. The Bertz CT molecular complexity index is 515. The van der Waals surface area contributed by atoms with Crippen molar-refractivity contribution in [3.63, 3.8) is 0 Å². The number of ether oxygens (including phenoxy) is 1. The minimum absolute atomic E-state index is 0.145. The molecule has 0 aliphatic heterocycles.